The van der Waals surface area contributed by atoms with Gasteiger partial charge in [0.15, 0.2) is 23.8 Å². The van der Waals surface area contributed by atoms with Crippen molar-refractivity contribution in [2.75, 3.05) is 0 Å². The molecule has 0 rings (SSSR count). The molecule has 0 saturated carbocycles. The van der Waals surface area contributed by atoms with Gasteiger partial charge in [0, 0.05) is 12.8 Å². The highest BCUT2D eigenvalue weighted by Gasteiger charge is 2.21. The van der Waals surface area contributed by atoms with E-state index in [1.807, 2.05) is 27.7 Å². The standard InChI is InChI=1S/C22H42O6/c1-7-11-13-19(23)21(9-3)27-25-17(5)15-16-18(6)26-28-22(10-4)20(24)14-12-8-2/h17-18,21-22H,7-16H2,1-6H3. The molecule has 0 bridgehead atoms. The summed E-state index contributed by atoms with van der Waals surface area (Å²) in [7, 11) is 0. The molecule has 4 unspecified atom stereocenters. The summed E-state index contributed by atoms with van der Waals surface area (Å²) in [6.45, 7) is 11.8. The van der Waals surface area contributed by atoms with E-state index in [-0.39, 0.29) is 23.8 Å². The fourth-order valence-corrected chi connectivity index (χ4v) is 2.61. The van der Waals surface area contributed by atoms with Crippen molar-refractivity contribution in [3.05, 3.63) is 0 Å². The Balaban J connectivity index is 4.10. The second-order valence-corrected chi connectivity index (χ2v) is 7.52. The molecule has 4 atom stereocenters. The maximum absolute atomic E-state index is 12.0. The molecule has 0 radical (unpaired) electrons. The zero-order valence-corrected chi connectivity index (χ0v) is 18.8. The largest absolute Gasteiger partial charge is 0.297 e. The molecule has 0 aromatic rings. The molecule has 0 fully saturated rings. The summed E-state index contributed by atoms with van der Waals surface area (Å²) < 4.78 is 0. The minimum Gasteiger partial charge on any atom is -0.297 e. The molecule has 0 aromatic heterocycles. The summed E-state index contributed by atoms with van der Waals surface area (Å²) in [4.78, 5) is 45.6. The maximum atomic E-state index is 12.0. The third kappa shape index (κ3) is 12.6. The van der Waals surface area contributed by atoms with Crippen molar-refractivity contribution >= 4 is 11.6 Å². The highest BCUT2D eigenvalue weighted by atomic mass is 17.2. The van der Waals surface area contributed by atoms with Crippen LogP contribution in [0.15, 0.2) is 0 Å². The molecule has 0 spiro atoms. The van der Waals surface area contributed by atoms with E-state index in [2.05, 4.69) is 13.8 Å². The van der Waals surface area contributed by atoms with Gasteiger partial charge >= 0.3 is 0 Å². The highest BCUT2D eigenvalue weighted by Crippen LogP contribution is 2.14. The van der Waals surface area contributed by atoms with Crippen LogP contribution in [0.2, 0.25) is 0 Å². The fourth-order valence-electron chi connectivity index (χ4n) is 2.61. The van der Waals surface area contributed by atoms with E-state index in [0.717, 1.165) is 25.7 Å². The van der Waals surface area contributed by atoms with E-state index in [0.29, 0.717) is 38.5 Å². The molecule has 0 aliphatic heterocycles. The lowest BCUT2D eigenvalue weighted by Gasteiger charge is -2.20. The predicted octanol–water partition coefficient (Wildman–Crippen LogP) is 5.52. The Morgan fingerprint density at radius 3 is 1.29 bits per heavy atom. The highest BCUT2D eigenvalue weighted by molar-refractivity contribution is 5.83. The SMILES string of the molecule is CCCCC(=O)C(CC)OOC(C)CCC(C)OOC(CC)C(=O)CCCC. The molecule has 0 N–H and O–H groups in total. The van der Waals surface area contributed by atoms with E-state index >= 15 is 0 Å². The van der Waals surface area contributed by atoms with Crippen molar-refractivity contribution in [1.29, 1.82) is 0 Å². The fraction of sp³-hybridized carbons (Fsp3) is 0.909. The Bertz CT molecular complexity index is 374. The number of hydrogen-bond donors (Lipinski definition) is 0. The molecule has 166 valence electrons. The van der Waals surface area contributed by atoms with Crippen molar-refractivity contribution < 1.29 is 29.1 Å². The topological polar surface area (TPSA) is 71.1 Å². The van der Waals surface area contributed by atoms with Gasteiger partial charge in [-0.15, -0.1) is 0 Å². The smallest absolute Gasteiger partial charge is 0.164 e. The van der Waals surface area contributed by atoms with E-state index in [4.69, 9.17) is 19.6 Å². The lowest BCUT2D eigenvalue weighted by molar-refractivity contribution is -0.351. The molecule has 0 saturated heterocycles. The Morgan fingerprint density at radius 1 is 0.643 bits per heavy atom. The van der Waals surface area contributed by atoms with Crippen molar-refractivity contribution in [3.63, 3.8) is 0 Å². The van der Waals surface area contributed by atoms with Crippen LogP contribution in [0.4, 0.5) is 0 Å². The van der Waals surface area contributed by atoms with Crippen LogP contribution in [0.3, 0.4) is 0 Å². The number of rotatable bonds is 19. The number of ketones is 2. The van der Waals surface area contributed by atoms with Gasteiger partial charge in [-0.3, -0.25) is 9.59 Å². The summed E-state index contributed by atoms with van der Waals surface area (Å²) in [6.07, 6.45) is 6.09. The Labute approximate surface area is 171 Å². The summed E-state index contributed by atoms with van der Waals surface area (Å²) in [5, 5.41) is 0. The number of Topliss-reactive ketones (excluding diaryl/α,β-unsaturated/α-hetero) is 2. The Kier molecular flexibility index (Phi) is 16.6. The summed E-state index contributed by atoms with van der Waals surface area (Å²) in [5.41, 5.74) is 0. The Hall–Kier alpha value is -0.820. The third-order valence-electron chi connectivity index (χ3n) is 4.66. The molecule has 0 amide bonds. The van der Waals surface area contributed by atoms with Crippen LogP contribution in [0.5, 0.6) is 0 Å². The van der Waals surface area contributed by atoms with Crippen LogP contribution in [-0.4, -0.2) is 36.0 Å². The first kappa shape index (κ1) is 27.2. The zero-order valence-electron chi connectivity index (χ0n) is 18.8. The first-order valence-electron chi connectivity index (χ1n) is 11.1. The van der Waals surface area contributed by atoms with Crippen LogP contribution in [0.25, 0.3) is 0 Å². The predicted molar refractivity (Wildman–Crippen MR) is 110 cm³/mol. The van der Waals surface area contributed by atoms with Crippen LogP contribution in [0, 0.1) is 0 Å². The molecule has 6 heteroatoms. The van der Waals surface area contributed by atoms with Crippen LogP contribution in [-0.2, 0) is 29.1 Å². The van der Waals surface area contributed by atoms with Gasteiger partial charge in [-0.2, -0.15) is 0 Å². The van der Waals surface area contributed by atoms with E-state index in [1.165, 1.54) is 0 Å². The lowest BCUT2D eigenvalue weighted by atomic mass is 10.1. The normalized spacial score (nSPS) is 15.8. The summed E-state index contributed by atoms with van der Waals surface area (Å²) >= 11 is 0. The molecule has 0 aromatic carbocycles. The van der Waals surface area contributed by atoms with E-state index < -0.39 is 12.2 Å². The van der Waals surface area contributed by atoms with Crippen LogP contribution < -0.4 is 0 Å². The average molecular weight is 403 g/mol. The van der Waals surface area contributed by atoms with Gasteiger partial charge in [-0.1, -0.05) is 40.5 Å². The Morgan fingerprint density at radius 2 is 1.00 bits per heavy atom. The van der Waals surface area contributed by atoms with Gasteiger partial charge in [-0.05, 0) is 52.4 Å². The van der Waals surface area contributed by atoms with Crippen molar-refractivity contribution in [2.24, 2.45) is 0 Å². The van der Waals surface area contributed by atoms with Crippen LogP contribution >= 0.6 is 0 Å². The van der Waals surface area contributed by atoms with Crippen LogP contribution in [0.1, 0.15) is 106 Å². The van der Waals surface area contributed by atoms with Crippen molar-refractivity contribution in [3.8, 4) is 0 Å². The third-order valence-corrected chi connectivity index (χ3v) is 4.66. The molecule has 6 nitrogen and oxygen atoms in total. The first-order valence-corrected chi connectivity index (χ1v) is 11.1. The first-order chi connectivity index (χ1) is 13.4. The number of carbonyl (C=O) groups is 2. The van der Waals surface area contributed by atoms with Gasteiger partial charge < -0.3 is 0 Å². The maximum Gasteiger partial charge on any atom is 0.164 e. The van der Waals surface area contributed by atoms with E-state index in [1.54, 1.807) is 0 Å². The molecular weight excluding hydrogens is 360 g/mol. The van der Waals surface area contributed by atoms with Gasteiger partial charge in [0.05, 0.1) is 12.2 Å². The number of unbranched alkanes of at least 4 members (excludes halogenated alkanes) is 2. The molecule has 0 aliphatic rings. The number of hydrogen-bond acceptors (Lipinski definition) is 6. The minimum atomic E-state index is -0.495. The van der Waals surface area contributed by atoms with Crippen molar-refractivity contribution in [1.82, 2.24) is 0 Å². The molecule has 0 heterocycles. The number of carbonyl (C=O) groups excluding carboxylic acids is 2. The summed E-state index contributed by atoms with van der Waals surface area (Å²) in [6, 6.07) is 0. The average Bonchev–Trinajstić information content (AvgIpc) is 2.69. The van der Waals surface area contributed by atoms with Gasteiger partial charge in [-0.25, -0.2) is 19.6 Å². The van der Waals surface area contributed by atoms with Gasteiger partial charge in [0.2, 0.25) is 0 Å². The second kappa shape index (κ2) is 17.1. The zero-order chi connectivity index (χ0) is 21.4. The quantitative estimate of drug-likeness (QED) is 0.209. The minimum absolute atomic E-state index is 0.0972. The lowest BCUT2D eigenvalue weighted by Crippen LogP contribution is -2.27. The molecular formula is C22H42O6. The van der Waals surface area contributed by atoms with Gasteiger partial charge in [0.1, 0.15) is 0 Å². The van der Waals surface area contributed by atoms with Crippen molar-refractivity contribution in [2.45, 2.75) is 130 Å². The van der Waals surface area contributed by atoms with E-state index in [9.17, 15) is 9.59 Å². The summed E-state index contributed by atoms with van der Waals surface area (Å²) in [5.74, 6) is 0.194. The molecule has 28 heavy (non-hydrogen) atoms. The molecule has 0 aliphatic carbocycles. The van der Waals surface area contributed by atoms with Gasteiger partial charge in [0.25, 0.3) is 0 Å². The monoisotopic (exact) mass is 402 g/mol. The second-order valence-electron chi connectivity index (χ2n) is 7.52.